The van der Waals surface area contributed by atoms with Crippen molar-refractivity contribution in [3.63, 3.8) is 0 Å². The van der Waals surface area contributed by atoms with Crippen LogP contribution in [0.4, 0.5) is 4.79 Å². The zero-order valence-electron chi connectivity index (χ0n) is 28.3. The lowest BCUT2D eigenvalue weighted by molar-refractivity contribution is -0.697. The third kappa shape index (κ3) is 7.52. The summed E-state index contributed by atoms with van der Waals surface area (Å²) in [7, 11) is 0. The molecule has 240 valence electrons. The molecule has 0 aliphatic heterocycles. The van der Waals surface area contributed by atoms with Crippen LogP contribution in [-0.2, 0) is 11.3 Å². The van der Waals surface area contributed by atoms with E-state index in [-0.39, 0.29) is 12.2 Å². The van der Waals surface area contributed by atoms with Crippen LogP contribution in [0, 0.1) is 46.3 Å². The van der Waals surface area contributed by atoms with E-state index >= 15 is 0 Å². The Balaban J connectivity index is 1.06. The lowest BCUT2D eigenvalue weighted by atomic mass is 9.47. The molecule has 43 heavy (non-hydrogen) atoms. The van der Waals surface area contributed by atoms with Crippen molar-refractivity contribution in [3.8, 4) is 0 Å². The summed E-state index contributed by atoms with van der Waals surface area (Å²) < 4.78 is 8.22. The summed E-state index contributed by atoms with van der Waals surface area (Å²) in [6, 6.07) is 6.21. The minimum atomic E-state index is -0.212. The van der Waals surface area contributed by atoms with Gasteiger partial charge in [0.2, 0.25) is 0 Å². The standard InChI is InChI=1S/C39H62N2O2/c1-29(2)14-13-15-30(3)34-18-19-35-33-17-16-31-28-32(20-22-38(31,4)36(33)21-23-39(34,35)5)43-37(42)40-24-9-6-7-10-25-41-26-11-8-12-27-41/h8,11-12,16,26-27,29-30,32-36H,6-7,9-10,13-15,17-25,28H2,1-5H3/p+1/t30-,32+,33+,34-,35+,36-,38+,39-/m1/s1. The minimum Gasteiger partial charge on any atom is -0.446 e. The Labute approximate surface area is 263 Å². The van der Waals surface area contributed by atoms with Gasteiger partial charge in [0.05, 0.1) is 0 Å². The molecule has 4 aliphatic carbocycles. The van der Waals surface area contributed by atoms with Crippen molar-refractivity contribution >= 4 is 6.09 Å². The molecule has 0 saturated heterocycles. The maximum atomic E-state index is 12.6. The largest absolute Gasteiger partial charge is 0.446 e. The van der Waals surface area contributed by atoms with Crippen molar-refractivity contribution in [2.45, 2.75) is 144 Å². The highest BCUT2D eigenvalue weighted by Crippen LogP contribution is 2.67. The molecule has 1 amide bonds. The number of fused-ring (bicyclic) bond motifs is 5. The summed E-state index contributed by atoms with van der Waals surface area (Å²) in [4.78, 5) is 12.6. The first-order chi connectivity index (χ1) is 20.7. The zero-order valence-corrected chi connectivity index (χ0v) is 28.3. The molecule has 0 unspecified atom stereocenters. The highest BCUT2D eigenvalue weighted by Gasteiger charge is 2.59. The minimum absolute atomic E-state index is 0.0372. The van der Waals surface area contributed by atoms with Crippen molar-refractivity contribution in [1.29, 1.82) is 0 Å². The molecule has 5 rings (SSSR count). The molecular formula is C39H63N2O2+. The number of nitrogens with one attached hydrogen (secondary N) is 1. The molecule has 1 N–H and O–H groups in total. The smallest absolute Gasteiger partial charge is 0.407 e. The highest BCUT2D eigenvalue weighted by atomic mass is 16.6. The number of ether oxygens (including phenoxy) is 1. The van der Waals surface area contributed by atoms with E-state index in [1.54, 1.807) is 5.57 Å². The summed E-state index contributed by atoms with van der Waals surface area (Å²) in [6.07, 6.45) is 25.5. The third-order valence-corrected chi connectivity index (χ3v) is 12.9. The molecule has 1 aromatic rings. The van der Waals surface area contributed by atoms with Gasteiger partial charge in [-0.25, -0.2) is 9.36 Å². The molecule has 4 aliphatic rings. The Hall–Kier alpha value is -1.84. The molecule has 0 bridgehead atoms. The fourth-order valence-corrected chi connectivity index (χ4v) is 10.5. The molecule has 3 fully saturated rings. The second-order valence-electron chi connectivity index (χ2n) is 16.0. The van der Waals surface area contributed by atoms with E-state index in [1.807, 2.05) is 0 Å². The molecule has 4 nitrogen and oxygen atoms in total. The molecular weight excluding hydrogens is 528 g/mol. The normalized spacial score (nSPS) is 34.1. The van der Waals surface area contributed by atoms with Gasteiger partial charge >= 0.3 is 6.09 Å². The van der Waals surface area contributed by atoms with E-state index in [0.29, 0.717) is 17.4 Å². The molecule has 1 heterocycles. The number of aryl methyl sites for hydroxylation is 1. The van der Waals surface area contributed by atoms with Gasteiger partial charge in [0.15, 0.2) is 12.4 Å². The number of allylic oxidation sites excluding steroid dienone is 1. The van der Waals surface area contributed by atoms with E-state index in [4.69, 9.17) is 4.74 Å². The van der Waals surface area contributed by atoms with Gasteiger partial charge in [0, 0.05) is 31.5 Å². The number of aromatic nitrogens is 1. The van der Waals surface area contributed by atoms with E-state index < -0.39 is 0 Å². The number of pyridine rings is 1. The quantitative estimate of drug-likeness (QED) is 0.141. The maximum absolute atomic E-state index is 12.6. The number of alkyl carbamates (subject to hydrolysis) is 1. The Kier molecular flexibility index (Phi) is 11.0. The predicted octanol–water partition coefficient (Wildman–Crippen LogP) is 9.67. The van der Waals surface area contributed by atoms with Crippen LogP contribution in [0.3, 0.4) is 0 Å². The first-order valence-electron chi connectivity index (χ1n) is 18.3. The van der Waals surface area contributed by atoms with E-state index in [1.165, 1.54) is 70.6 Å². The molecule has 4 heteroatoms. The van der Waals surface area contributed by atoms with Crippen molar-refractivity contribution in [3.05, 3.63) is 42.2 Å². The van der Waals surface area contributed by atoms with Crippen LogP contribution in [0.15, 0.2) is 42.2 Å². The lowest BCUT2D eigenvalue weighted by Gasteiger charge is -2.58. The van der Waals surface area contributed by atoms with Gasteiger partial charge in [0.25, 0.3) is 0 Å². The topological polar surface area (TPSA) is 42.2 Å². The van der Waals surface area contributed by atoms with Gasteiger partial charge in [-0.3, -0.25) is 0 Å². The Morgan fingerprint density at radius 3 is 2.51 bits per heavy atom. The highest BCUT2D eigenvalue weighted by molar-refractivity contribution is 5.67. The number of unbranched alkanes of at least 4 members (excludes halogenated alkanes) is 3. The number of carbonyl (C=O) groups excluding carboxylic acids is 1. The van der Waals surface area contributed by atoms with Gasteiger partial charge in [-0.15, -0.1) is 0 Å². The predicted molar refractivity (Wildman–Crippen MR) is 176 cm³/mol. The lowest BCUT2D eigenvalue weighted by Crippen LogP contribution is -2.51. The van der Waals surface area contributed by atoms with E-state index in [0.717, 1.165) is 67.7 Å². The summed E-state index contributed by atoms with van der Waals surface area (Å²) in [5.41, 5.74) is 2.45. The monoisotopic (exact) mass is 591 g/mol. The van der Waals surface area contributed by atoms with Gasteiger partial charge in [0.1, 0.15) is 12.6 Å². The number of amides is 1. The van der Waals surface area contributed by atoms with Crippen LogP contribution in [0.1, 0.15) is 131 Å². The molecule has 1 aromatic heterocycles. The SMILES string of the molecule is CC(C)CCC[C@@H](C)[C@H]1CC[C@H]2[C@@H]3CC=C4C[C@@H](OC(=O)NCCCCCC[n+]5ccccc5)CC[C@]4(C)[C@@H]3CC[C@]12C. The summed E-state index contributed by atoms with van der Waals surface area (Å²) in [5, 5.41) is 3.04. The molecule has 8 atom stereocenters. The summed E-state index contributed by atoms with van der Waals surface area (Å²) in [6.45, 7) is 14.4. The average molecular weight is 592 g/mol. The number of rotatable bonds is 13. The van der Waals surface area contributed by atoms with Crippen molar-refractivity contribution in [2.75, 3.05) is 6.54 Å². The van der Waals surface area contributed by atoms with Gasteiger partial charge in [-0.2, -0.15) is 0 Å². The second-order valence-corrected chi connectivity index (χ2v) is 16.0. The molecule has 0 aromatic carbocycles. The molecule has 3 saturated carbocycles. The maximum Gasteiger partial charge on any atom is 0.407 e. The fourth-order valence-electron chi connectivity index (χ4n) is 10.5. The van der Waals surface area contributed by atoms with Crippen LogP contribution in [0.2, 0.25) is 0 Å². The number of hydrogen-bond donors (Lipinski definition) is 1. The zero-order chi connectivity index (χ0) is 30.5. The number of hydrogen-bond acceptors (Lipinski definition) is 2. The summed E-state index contributed by atoms with van der Waals surface area (Å²) >= 11 is 0. The Morgan fingerprint density at radius 2 is 1.72 bits per heavy atom. The van der Waals surface area contributed by atoms with Crippen LogP contribution in [0.5, 0.6) is 0 Å². The number of carbonyl (C=O) groups is 1. The van der Waals surface area contributed by atoms with Crippen molar-refractivity contribution in [2.24, 2.45) is 46.3 Å². The molecule has 0 radical (unpaired) electrons. The summed E-state index contributed by atoms with van der Waals surface area (Å²) in [5.74, 6) is 5.18. The molecule has 0 spiro atoms. The van der Waals surface area contributed by atoms with Crippen LogP contribution < -0.4 is 9.88 Å². The van der Waals surface area contributed by atoms with E-state index in [9.17, 15) is 4.79 Å². The van der Waals surface area contributed by atoms with Crippen molar-refractivity contribution < 1.29 is 14.1 Å². The second kappa shape index (κ2) is 14.5. The van der Waals surface area contributed by atoms with Gasteiger partial charge in [-0.1, -0.05) is 78.0 Å². The van der Waals surface area contributed by atoms with Gasteiger partial charge < -0.3 is 10.1 Å². The van der Waals surface area contributed by atoms with Crippen LogP contribution in [0.25, 0.3) is 0 Å². The van der Waals surface area contributed by atoms with Crippen LogP contribution >= 0.6 is 0 Å². The number of nitrogens with zero attached hydrogens (tertiary/aromatic N) is 1. The fraction of sp³-hybridized carbons (Fsp3) is 0.795. The Bertz CT molecular complexity index is 1070. The van der Waals surface area contributed by atoms with E-state index in [2.05, 4.69) is 81.2 Å². The third-order valence-electron chi connectivity index (χ3n) is 12.9. The first kappa shape index (κ1) is 32.6. The average Bonchev–Trinajstić information content (AvgIpc) is 3.34. The Morgan fingerprint density at radius 1 is 0.930 bits per heavy atom. The van der Waals surface area contributed by atoms with Crippen LogP contribution in [-0.4, -0.2) is 18.7 Å². The first-order valence-corrected chi connectivity index (χ1v) is 18.3. The van der Waals surface area contributed by atoms with Gasteiger partial charge in [-0.05, 0) is 104 Å². The van der Waals surface area contributed by atoms with Crippen molar-refractivity contribution in [1.82, 2.24) is 5.32 Å².